The second kappa shape index (κ2) is 9.69. The van der Waals surface area contributed by atoms with Crippen molar-refractivity contribution >= 4 is 34.2 Å². The molecule has 0 bridgehead atoms. The second-order valence-electron chi connectivity index (χ2n) is 10.5. The summed E-state index contributed by atoms with van der Waals surface area (Å²) in [5, 5.41) is 0.0577. The minimum Gasteiger partial charge on any atom is -0.492 e. The zero-order valence-corrected chi connectivity index (χ0v) is 22.1. The van der Waals surface area contributed by atoms with Crippen LogP contribution in [0.3, 0.4) is 0 Å². The van der Waals surface area contributed by atoms with E-state index in [1.165, 1.54) is 20.2 Å². The molecule has 2 amide bonds. The van der Waals surface area contributed by atoms with Crippen LogP contribution in [0.25, 0.3) is 10.9 Å². The summed E-state index contributed by atoms with van der Waals surface area (Å²) in [5.74, 6) is -2.67. The summed E-state index contributed by atoms with van der Waals surface area (Å²) >= 11 is 0. The Morgan fingerprint density at radius 3 is 2.38 bits per heavy atom. The Morgan fingerprint density at radius 1 is 1.10 bits per heavy atom. The number of nitrogens with zero attached hydrogens (tertiary/aromatic N) is 3. The smallest absolute Gasteiger partial charge is 0.261 e. The zero-order chi connectivity index (χ0) is 28.3. The van der Waals surface area contributed by atoms with E-state index in [1.807, 2.05) is 4.57 Å². The van der Waals surface area contributed by atoms with Crippen molar-refractivity contribution in [2.45, 2.75) is 38.6 Å². The number of Topliss-reactive ketones (excluding diaryl/α,β-unsaturated/α-hetero) is 1. The summed E-state index contributed by atoms with van der Waals surface area (Å²) in [7, 11) is 1.39. The van der Waals surface area contributed by atoms with Crippen LogP contribution < -0.4 is 15.1 Å². The van der Waals surface area contributed by atoms with Crippen molar-refractivity contribution in [2.24, 2.45) is 0 Å². The number of fused-ring (bicyclic) bond motifs is 2. The van der Waals surface area contributed by atoms with E-state index in [4.69, 9.17) is 4.74 Å². The molecule has 1 aromatic heterocycles. The average Bonchev–Trinajstić information content (AvgIpc) is 3.77. The van der Waals surface area contributed by atoms with Crippen LogP contribution in [0, 0.1) is 5.82 Å². The van der Waals surface area contributed by atoms with Crippen molar-refractivity contribution in [3.63, 3.8) is 0 Å². The number of pyridine rings is 1. The van der Waals surface area contributed by atoms with Crippen molar-refractivity contribution in [3.05, 3.63) is 80.7 Å². The number of rotatable bonds is 6. The number of carbonyl (C=O) groups is 3. The monoisotopic (exact) mass is 547 g/mol. The van der Waals surface area contributed by atoms with Crippen LogP contribution in [-0.2, 0) is 0 Å². The highest BCUT2D eigenvalue weighted by Gasteiger charge is 2.37. The molecule has 1 aliphatic carbocycles. The van der Waals surface area contributed by atoms with E-state index in [0.717, 1.165) is 23.8 Å². The maximum absolute atomic E-state index is 15.8. The lowest BCUT2D eigenvalue weighted by Crippen LogP contribution is -2.35. The molecular formula is C30H27F2N3O5. The Bertz CT molecular complexity index is 1670. The number of ketones is 1. The van der Waals surface area contributed by atoms with Gasteiger partial charge in [0.05, 0.1) is 41.2 Å². The molecule has 0 radical (unpaired) electrons. The van der Waals surface area contributed by atoms with Gasteiger partial charge in [-0.05, 0) is 56.4 Å². The summed E-state index contributed by atoms with van der Waals surface area (Å²) in [6.07, 6.45) is 4.12. The number of methoxy groups -OCH3 is 1. The molecule has 2 aromatic carbocycles. The lowest BCUT2D eigenvalue weighted by atomic mass is 10.0. The minimum absolute atomic E-state index is 0.00739. The van der Waals surface area contributed by atoms with Gasteiger partial charge in [-0.3, -0.25) is 24.1 Å². The van der Waals surface area contributed by atoms with Crippen LogP contribution in [0.2, 0.25) is 0 Å². The van der Waals surface area contributed by atoms with E-state index in [1.54, 1.807) is 29.2 Å². The molecule has 0 atom stereocenters. The van der Waals surface area contributed by atoms with Gasteiger partial charge in [0.2, 0.25) is 0 Å². The second-order valence-corrected chi connectivity index (χ2v) is 10.5. The third kappa shape index (κ3) is 4.09. The van der Waals surface area contributed by atoms with Gasteiger partial charge in [-0.2, -0.15) is 0 Å². The highest BCUT2D eigenvalue weighted by molar-refractivity contribution is 6.21. The molecule has 2 fully saturated rings. The molecular weight excluding hydrogens is 520 g/mol. The van der Waals surface area contributed by atoms with Crippen molar-refractivity contribution in [1.29, 1.82) is 0 Å². The van der Waals surface area contributed by atoms with Gasteiger partial charge in [-0.1, -0.05) is 12.1 Å². The lowest BCUT2D eigenvalue weighted by molar-refractivity contribution is 0.0659. The number of imide groups is 1. The summed E-state index contributed by atoms with van der Waals surface area (Å²) in [6, 6.07) is 7.57. The van der Waals surface area contributed by atoms with Crippen LogP contribution in [0.1, 0.15) is 69.7 Å². The molecule has 10 heteroatoms. The first-order chi connectivity index (χ1) is 19.2. The highest BCUT2D eigenvalue weighted by atomic mass is 19.1. The van der Waals surface area contributed by atoms with Crippen LogP contribution >= 0.6 is 0 Å². The number of ether oxygens (including phenoxy) is 1. The van der Waals surface area contributed by atoms with E-state index in [2.05, 4.69) is 0 Å². The number of anilines is 1. The largest absolute Gasteiger partial charge is 0.492 e. The van der Waals surface area contributed by atoms with E-state index < -0.39 is 41.2 Å². The van der Waals surface area contributed by atoms with Gasteiger partial charge >= 0.3 is 0 Å². The Hall–Kier alpha value is -4.34. The molecule has 0 spiro atoms. The Labute approximate surface area is 228 Å². The number of hydrogen-bond acceptors (Lipinski definition) is 6. The molecule has 206 valence electrons. The zero-order valence-electron chi connectivity index (χ0n) is 22.1. The maximum Gasteiger partial charge on any atom is 0.261 e. The predicted molar refractivity (Wildman–Crippen MR) is 144 cm³/mol. The third-order valence-corrected chi connectivity index (χ3v) is 7.89. The van der Waals surface area contributed by atoms with Crippen molar-refractivity contribution < 1.29 is 27.9 Å². The van der Waals surface area contributed by atoms with Gasteiger partial charge in [0, 0.05) is 25.3 Å². The Balaban J connectivity index is 1.38. The van der Waals surface area contributed by atoms with Crippen LogP contribution in [0.15, 0.2) is 52.7 Å². The molecule has 8 nitrogen and oxygen atoms in total. The lowest BCUT2D eigenvalue weighted by Gasteiger charge is -2.33. The van der Waals surface area contributed by atoms with Crippen molar-refractivity contribution in [3.8, 4) is 5.75 Å². The first-order valence-electron chi connectivity index (χ1n) is 13.2. The topological polar surface area (TPSA) is 88.9 Å². The number of hydrogen-bond donors (Lipinski definition) is 0. The Kier molecular flexibility index (Phi) is 6.28. The Morgan fingerprint density at radius 2 is 1.77 bits per heavy atom. The molecule has 3 aromatic rings. The molecule has 2 aliphatic heterocycles. The number of carbonyl (C=O) groups excluding carboxylic acids is 3. The summed E-state index contributed by atoms with van der Waals surface area (Å²) in [4.78, 5) is 53.3. The molecule has 0 unspecified atom stereocenters. The summed E-state index contributed by atoms with van der Waals surface area (Å²) < 4.78 is 38.9. The van der Waals surface area contributed by atoms with Gasteiger partial charge in [0.15, 0.2) is 22.8 Å². The van der Waals surface area contributed by atoms with E-state index in [0.29, 0.717) is 30.5 Å². The van der Waals surface area contributed by atoms with E-state index in [-0.39, 0.29) is 46.1 Å². The van der Waals surface area contributed by atoms with Crippen molar-refractivity contribution in [2.75, 3.05) is 31.6 Å². The first-order valence-corrected chi connectivity index (χ1v) is 13.2. The van der Waals surface area contributed by atoms with Gasteiger partial charge in [0.25, 0.3) is 11.8 Å². The van der Waals surface area contributed by atoms with Crippen LogP contribution in [0.4, 0.5) is 14.5 Å². The van der Waals surface area contributed by atoms with Crippen molar-refractivity contribution in [1.82, 2.24) is 9.47 Å². The van der Waals surface area contributed by atoms with Crippen LogP contribution in [-0.4, -0.2) is 53.8 Å². The standard InChI is InChI=1S/C30H27F2N3O5/c1-16(36)22-14-34(18-9-10-18)25-21(27(22)37)12-23(31)26(28(25)40-2)33-11-5-6-17(13-33)24(32)15-35-29(38)19-7-3-4-8-20(19)30(35)39/h3-4,7-8,12,14,18H,5-6,9-11,13,15H2,1-2H3/b24-17+. The molecule has 1 saturated heterocycles. The average molecular weight is 548 g/mol. The third-order valence-electron chi connectivity index (χ3n) is 7.89. The number of aromatic nitrogens is 1. The number of piperidine rings is 1. The summed E-state index contributed by atoms with van der Waals surface area (Å²) in [5.41, 5.74) is 0.780. The SMILES string of the molecule is COc1c(N2CCC/C(=C(\F)CN3C(=O)c4ccccc4C3=O)C2)c(F)cc2c(=O)c(C(C)=O)cn(C3CC3)c12. The number of amides is 2. The molecule has 6 rings (SSSR count). The maximum atomic E-state index is 15.8. The van der Waals surface area contributed by atoms with E-state index >= 15 is 8.78 Å². The number of halogens is 2. The molecule has 40 heavy (non-hydrogen) atoms. The van der Waals surface area contributed by atoms with E-state index in [9.17, 15) is 19.2 Å². The fraction of sp³-hybridized carbons (Fsp3) is 0.333. The van der Waals surface area contributed by atoms with Gasteiger partial charge in [-0.25, -0.2) is 8.78 Å². The minimum atomic E-state index is -0.716. The fourth-order valence-corrected chi connectivity index (χ4v) is 5.74. The fourth-order valence-electron chi connectivity index (χ4n) is 5.74. The summed E-state index contributed by atoms with van der Waals surface area (Å²) in [6.45, 7) is 1.23. The number of benzene rings is 2. The van der Waals surface area contributed by atoms with Gasteiger partial charge in [-0.15, -0.1) is 0 Å². The molecule has 3 aliphatic rings. The normalized spacial score (nSPS) is 18.4. The quantitative estimate of drug-likeness (QED) is 0.325. The molecule has 1 saturated carbocycles. The predicted octanol–water partition coefficient (Wildman–Crippen LogP) is 4.81. The first kappa shape index (κ1) is 25.9. The van der Waals surface area contributed by atoms with Gasteiger partial charge in [0.1, 0.15) is 11.5 Å². The highest BCUT2D eigenvalue weighted by Crippen LogP contribution is 2.44. The molecule has 0 N–H and O–H groups in total. The molecule has 3 heterocycles. The van der Waals surface area contributed by atoms with Crippen LogP contribution in [0.5, 0.6) is 5.75 Å². The van der Waals surface area contributed by atoms with Gasteiger partial charge < -0.3 is 14.2 Å².